The zero-order valence-electron chi connectivity index (χ0n) is 10.4. The van der Waals surface area contributed by atoms with Crippen molar-refractivity contribution in [3.8, 4) is 0 Å². The Morgan fingerprint density at radius 2 is 1.85 bits per heavy atom. The van der Waals surface area contributed by atoms with Crippen molar-refractivity contribution < 1.29 is 25.2 Å². The van der Waals surface area contributed by atoms with Gasteiger partial charge in [0.15, 0.2) is 6.23 Å². The van der Waals surface area contributed by atoms with E-state index in [1.54, 1.807) is 24.3 Å². The molecule has 1 saturated heterocycles. The van der Waals surface area contributed by atoms with Crippen molar-refractivity contribution in [2.75, 3.05) is 6.61 Å². The molecule has 1 fully saturated rings. The summed E-state index contributed by atoms with van der Waals surface area (Å²) in [6.07, 6.45) is -6.20. The summed E-state index contributed by atoms with van der Waals surface area (Å²) in [5, 5.41) is 46.6. The maximum Gasteiger partial charge on any atom is 0.181 e. The van der Waals surface area contributed by atoms with Gasteiger partial charge in [-0.2, -0.15) is 0 Å². The molecule has 2 heterocycles. The van der Waals surface area contributed by atoms with E-state index < -0.39 is 37.3 Å². The molecule has 1 aliphatic heterocycles. The summed E-state index contributed by atoms with van der Waals surface area (Å²) in [5.74, 6) is 0. The summed E-state index contributed by atoms with van der Waals surface area (Å²) in [6.45, 7) is -0.478. The minimum atomic E-state index is -1.44. The van der Waals surface area contributed by atoms with Gasteiger partial charge in [-0.1, -0.05) is 17.3 Å². The minimum Gasteiger partial charge on any atom is -0.394 e. The van der Waals surface area contributed by atoms with E-state index in [9.17, 15) is 20.4 Å². The number of benzene rings is 1. The number of fused-ring (bicyclic) bond motifs is 1. The third kappa shape index (κ3) is 1.98. The van der Waals surface area contributed by atoms with Crippen molar-refractivity contribution in [3.05, 3.63) is 24.3 Å². The van der Waals surface area contributed by atoms with Crippen molar-refractivity contribution in [2.24, 2.45) is 0 Å². The molecule has 1 aliphatic rings. The van der Waals surface area contributed by atoms with Gasteiger partial charge < -0.3 is 25.2 Å². The number of aliphatic hydroxyl groups is 4. The van der Waals surface area contributed by atoms with E-state index in [4.69, 9.17) is 4.74 Å². The van der Waals surface area contributed by atoms with E-state index in [0.29, 0.717) is 11.0 Å². The van der Waals surface area contributed by atoms with Crippen LogP contribution in [0.1, 0.15) is 6.23 Å². The monoisotopic (exact) mass is 281 g/mol. The molecule has 8 nitrogen and oxygen atoms in total. The van der Waals surface area contributed by atoms with Crippen LogP contribution in [0.25, 0.3) is 11.0 Å². The summed E-state index contributed by atoms with van der Waals surface area (Å²) in [7, 11) is 0. The highest BCUT2D eigenvalue weighted by Gasteiger charge is 2.45. The Kier molecular flexibility index (Phi) is 3.40. The van der Waals surface area contributed by atoms with Gasteiger partial charge in [0.1, 0.15) is 29.9 Å². The Balaban J connectivity index is 2.00. The van der Waals surface area contributed by atoms with Crippen LogP contribution < -0.4 is 0 Å². The first-order valence-corrected chi connectivity index (χ1v) is 6.24. The van der Waals surface area contributed by atoms with Gasteiger partial charge >= 0.3 is 0 Å². The highest BCUT2D eigenvalue weighted by molar-refractivity contribution is 5.73. The minimum absolute atomic E-state index is 0.478. The topological polar surface area (TPSA) is 121 Å². The molecule has 1 aromatic heterocycles. The van der Waals surface area contributed by atoms with Gasteiger partial charge in [-0.25, -0.2) is 4.68 Å². The average molecular weight is 281 g/mol. The number of hydrogen-bond acceptors (Lipinski definition) is 7. The van der Waals surface area contributed by atoms with E-state index >= 15 is 0 Å². The SMILES string of the molecule is OC[C@@H]1O[C@H](n2nnc3ccccc32)[C@H](O)[C@H](O)[C@@H]1O. The second-order valence-corrected chi connectivity index (χ2v) is 4.74. The summed E-state index contributed by atoms with van der Waals surface area (Å²) in [6, 6.07) is 7.08. The van der Waals surface area contributed by atoms with Crippen LogP contribution in [0.5, 0.6) is 0 Å². The van der Waals surface area contributed by atoms with E-state index in [1.165, 1.54) is 4.68 Å². The van der Waals surface area contributed by atoms with Gasteiger partial charge in [0.25, 0.3) is 0 Å². The van der Waals surface area contributed by atoms with Crippen LogP contribution >= 0.6 is 0 Å². The summed E-state index contributed by atoms with van der Waals surface area (Å²) in [4.78, 5) is 0. The predicted octanol–water partition coefficient (Wildman–Crippen LogP) is -1.60. The molecular weight excluding hydrogens is 266 g/mol. The average Bonchev–Trinajstić information content (AvgIpc) is 2.89. The molecule has 2 aromatic rings. The van der Waals surface area contributed by atoms with E-state index in [2.05, 4.69) is 10.3 Å². The molecule has 0 saturated carbocycles. The lowest BCUT2D eigenvalue weighted by molar-refractivity contribution is -0.253. The molecule has 108 valence electrons. The molecule has 0 radical (unpaired) electrons. The van der Waals surface area contributed by atoms with Gasteiger partial charge in [0, 0.05) is 0 Å². The number of rotatable bonds is 2. The largest absolute Gasteiger partial charge is 0.394 e. The second kappa shape index (κ2) is 5.08. The maximum atomic E-state index is 10.0. The molecule has 0 unspecified atom stereocenters. The van der Waals surface area contributed by atoms with Crippen molar-refractivity contribution >= 4 is 11.0 Å². The Morgan fingerprint density at radius 1 is 1.10 bits per heavy atom. The number of para-hydroxylation sites is 1. The van der Waals surface area contributed by atoms with E-state index in [-0.39, 0.29) is 0 Å². The smallest absolute Gasteiger partial charge is 0.181 e. The van der Waals surface area contributed by atoms with Gasteiger partial charge in [-0.05, 0) is 12.1 Å². The third-order valence-corrected chi connectivity index (χ3v) is 3.49. The molecule has 5 atom stereocenters. The zero-order chi connectivity index (χ0) is 14.3. The Labute approximate surface area is 113 Å². The van der Waals surface area contributed by atoms with Crippen molar-refractivity contribution in [3.63, 3.8) is 0 Å². The van der Waals surface area contributed by atoms with Crippen molar-refractivity contribution in [1.82, 2.24) is 15.0 Å². The summed E-state index contributed by atoms with van der Waals surface area (Å²) in [5.41, 5.74) is 1.24. The number of hydrogen-bond donors (Lipinski definition) is 4. The Hall–Kier alpha value is -1.58. The van der Waals surface area contributed by atoms with Crippen LogP contribution in [-0.2, 0) is 4.74 Å². The molecule has 0 aliphatic carbocycles. The normalized spacial score (nSPS) is 34.5. The van der Waals surface area contributed by atoms with Crippen LogP contribution in [0.4, 0.5) is 0 Å². The fourth-order valence-electron chi connectivity index (χ4n) is 2.36. The Bertz CT molecular complexity index is 602. The fourth-order valence-corrected chi connectivity index (χ4v) is 2.36. The van der Waals surface area contributed by atoms with Crippen LogP contribution in [0, 0.1) is 0 Å². The predicted molar refractivity (Wildman–Crippen MR) is 66.5 cm³/mol. The van der Waals surface area contributed by atoms with Gasteiger partial charge in [0.2, 0.25) is 0 Å². The first-order valence-electron chi connectivity index (χ1n) is 6.24. The number of aromatic nitrogens is 3. The molecule has 20 heavy (non-hydrogen) atoms. The van der Waals surface area contributed by atoms with Crippen LogP contribution in [0.2, 0.25) is 0 Å². The maximum absolute atomic E-state index is 10.0. The summed E-state index contributed by atoms with van der Waals surface area (Å²) < 4.78 is 6.76. The Morgan fingerprint density at radius 3 is 2.60 bits per heavy atom. The molecule has 0 amide bonds. The third-order valence-electron chi connectivity index (χ3n) is 3.49. The van der Waals surface area contributed by atoms with Crippen LogP contribution in [0.3, 0.4) is 0 Å². The number of aliphatic hydroxyl groups excluding tert-OH is 4. The first kappa shape index (κ1) is 13.4. The van der Waals surface area contributed by atoms with Gasteiger partial charge in [-0.15, -0.1) is 5.10 Å². The van der Waals surface area contributed by atoms with Gasteiger partial charge in [-0.3, -0.25) is 0 Å². The lowest BCUT2D eigenvalue weighted by atomic mass is 9.98. The van der Waals surface area contributed by atoms with Crippen molar-refractivity contribution in [2.45, 2.75) is 30.6 Å². The molecular formula is C12H15N3O5. The lowest BCUT2D eigenvalue weighted by Crippen LogP contribution is -2.56. The number of nitrogens with zero attached hydrogens (tertiary/aromatic N) is 3. The van der Waals surface area contributed by atoms with E-state index in [1.807, 2.05) is 0 Å². The van der Waals surface area contributed by atoms with E-state index in [0.717, 1.165) is 0 Å². The van der Waals surface area contributed by atoms with Crippen LogP contribution in [-0.4, -0.2) is 66.4 Å². The molecule has 4 N–H and O–H groups in total. The van der Waals surface area contributed by atoms with Crippen LogP contribution in [0.15, 0.2) is 24.3 Å². The first-order chi connectivity index (χ1) is 9.63. The molecule has 1 aromatic carbocycles. The van der Waals surface area contributed by atoms with Gasteiger partial charge in [0.05, 0.1) is 12.1 Å². The molecule has 8 heteroatoms. The molecule has 0 bridgehead atoms. The highest BCUT2D eigenvalue weighted by atomic mass is 16.6. The highest BCUT2D eigenvalue weighted by Crippen LogP contribution is 2.29. The quantitative estimate of drug-likeness (QED) is 0.523. The fraction of sp³-hybridized carbons (Fsp3) is 0.500. The lowest BCUT2D eigenvalue weighted by Gasteiger charge is -2.39. The second-order valence-electron chi connectivity index (χ2n) is 4.74. The zero-order valence-corrected chi connectivity index (χ0v) is 10.4. The number of ether oxygens (including phenoxy) is 1. The molecule has 0 spiro atoms. The van der Waals surface area contributed by atoms with Crippen molar-refractivity contribution in [1.29, 1.82) is 0 Å². The standard InChI is InChI=1S/C12H15N3O5/c16-5-8-9(17)10(18)11(19)12(20-8)15-7-4-2-1-3-6(7)13-14-15/h1-4,8-12,16-19H,5H2/t8-,9+,10+,11+,12-/m0/s1. The molecule has 3 rings (SSSR count). The summed E-state index contributed by atoms with van der Waals surface area (Å²) >= 11 is 0.